The van der Waals surface area contributed by atoms with Crippen LogP contribution in [0, 0.1) is 0 Å². The van der Waals surface area contributed by atoms with Crippen molar-refractivity contribution in [2.24, 2.45) is 0 Å². The summed E-state index contributed by atoms with van der Waals surface area (Å²) < 4.78 is 18.6. The van der Waals surface area contributed by atoms with Gasteiger partial charge in [0.1, 0.15) is 24.2 Å². The second-order valence-corrected chi connectivity index (χ2v) is 13.8. The molecule has 7 rings (SSSR count). The van der Waals surface area contributed by atoms with Gasteiger partial charge in [-0.05, 0) is 66.4 Å². The van der Waals surface area contributed by atoms with Gasteiger partial charge >= 0.3 is 5.91 Å². The lowest BCUT2D eigenvalue weighted by Crippen LogP contribution is -2.29. The van der Waals surface area contributed by atoms with Crippen LogP contribution >= 0.6 is 23.1 Å². The third kappa shape index (κ3) is 6.77. The van der Waals surface area contributed by atoms with Crippen molar-refractivity contribution in [2.75, 3.05) is 11.5 Å². The standard InChI is InChI=1S/C38H33N3O6S2/c1-3-45-31-20-26(14-17-30(31)46-21-24-10-6-4-7-11-24)33-32(34(42)27-15-16-29-28(19-27)18-23(2)47-29)35(43)36(44)41(33)37-39-40-38(49-37)48-22-25-12-8-5-9-13-25/h4-17,19-20,23,33,42H,3,18,21-22H2,1-2H3/t23-,33+/m1/s1. The van der Waals surface area contributed by atoms with Gasteiger partial charge in [-0.2, -0.15) is 0 Å². The van der Waals surface area contributed by atoms with Crippen LogP contribution in [0.4, 0.5) is 5.13 Å². The van der Waals surface area contributed by atoms with Crippen molar-refractivity contribution in [3.05, 3.63) is 130 Å². The molecule has 1 fully saturated rings. The molecule has 1 N–H and O–H groups in total. The second kappa shape index (κ2) is 14.2. The Bertz CT molecular complexity index is 2030. The minimum Gasteiger partial charge on any atom is -0.507 e. The molecule has 3 heterocycles. The molecule has 49 heavy (non-hydrogen) atoms. The molecule has 9 nitrogen and oxygen atoms in total. The maximum atomic E-state index is 13.9. The molecule has 2 atom stereocenters. The lowest BCUT2D eigenvalue weighted by atomic mass is 9.94. The fourth-order valence-electron chi connectivity index (χ4n) is 5.97. The Morgan fingerprint density at radius 3 is 2.45 bits per heavy atom. The number of rotatable bonds is 11. The number of Topliss-reactive ketones (excluding diaryl/α,β-unsaturated/α-hetero) is 1. The van der Waals surface area contributed by atoms with E-state index in [0.717, 1.165) is 22.4 Å². The van der Waals surface area contributed by atoms with E-state index in [1.165, 1.54) is 28.0 Å². The average Bonchev–Trinajstić information content (AvgIpc) is 3.82. The molecule has 0 aliphatic carbocycles. The van der Waals surface area contributed by atoms with E-state index in [2.05, 4.69) is 10.2 Å². The Balaban J connectivity index is 1.28. The van der Waals surface area contributed by atoms with Crippen LogP contribution < -0.4 is 19.1 Å². The van der Waals surface area contributed by atoms with E-state index in [1.807, 2.05) is 80.6 Å². The Labute approximate surface area is 292 Å². The summed E-state index contributed by atoms with van der Waals surface area (Å²) in [5.41, 5.74) is 3.95. The van der Waals surface area contributed by atoms with Crippen LogP contribution in [-0.4, -0.2) is 39.7 Å². The number of hydrogen-bond acceptors (Lipinski definition) is 10. The monoisotopic (exact) mass is 691 g/mol. The molecule has 0 spiro atoms. The van der Waals surface area contributed by atoms with Gasteiger partial charge < -0.3 is 19.3 Å². The van der Waals surface area contributed by atoms with Crippen LogP contribution in [0.2, 0.25) is 0 Å². The quantitative estimate of drug-likeness (QED) is 0.0489. The Morgan fingerprint density at radius 1 is 0.939 bits per heavy atom. The average molecular weight is 692 g/mol. The predicted molar refractivity (Wildman–Crippen MR) is 189 cm³/mol. The number of amides is 1. The SMILES string of the molecule is CCOc1cc([C@H]2C(=C(O)c3ccc4c(c3)C[C@@H](C)O4)C(=O)C(=O)N2c2nnc(SCc3ccccc3)s2)ccc1OCc1ccccc1. The fourth-order valence-corrected chi connectivity index (χ4v) is 7.79. The largest absolute Gasteiger partial charge is 0.507 e. The number of carbonyl (C=O) groups is 2. The number of ether oxygens (including phenoxy) is 3. The van der Waals surface area contributed by atoms with Crippen molar-refractivity contribution in [1.82, 2.24) is 10.2 Å². The molecule has 1 saturated heterocycles. The first-order valence-electron chi connectivity index (χ1n) is 15.9. The van der Waals surface area contributed by atoms with Crippen molar-refractivity contribution in [3.8, 4) is 17.2 Å². The maximum Gasteiger partial charge on any atom is 0.301 e. The number of nitrogens with zero attached hydrogens (tertiary/aromatic N) is 3. The van der Waals surface area contributed by atoms with Gasteiger partial charge in [0.25, 0.3) is 5.78 Å². The third-order valence-corrected chi connectivity index (χ3v) is 10.4. The first kappa shape index (κ1) is 32.4. The topological polar surface area (TPSA) is 111 Å². The van der Waals surface area contributed by atoms with E-state index >= 15 is 0 Å². The van der Waals surface area contributed by atoms with Crippen LogP contribution in [0.3, 0.4) is 0 Å². The fraction of sp³-hybridized carbons (Fsp3) is 0.211. The number of aliphatic hydroxyl groups is 1. The summed E-state index contributed by atoms with van der Waals surface area (Å²) in [6, 6.07) is 29.4. The Kier molecular flexibility index (Phi) is 9.36. The maximum absolute atomic E-state index is 13.9. The third-order valence-electron chi connectivity index (χ3n) is 8.24. The van der Waals surface area contributed by atoms with Gasteiger partial charge in [0.2, 0.25) is 5.13 Å². The van der Waals surface area contributed by atoms with E-state index in [4.69, 9.17) is 14.2 Å². The van der Waals surface area contributed by atoms with E-state index in [9.17, 15) is 14.7 Å². The number of hydrogen-bond donors (Lipinski definition) is 1. The zero-order valence-electron chi connectivity index (χ0n) is 26.9. The van der Waals surface area contributed by atoms with Crippen molar-refractivity contribution in [2.45, 2.75) is 49.1 Å². The van der Waals surface area contributed by atoms with Crippen LogP contribution in [0.25, 0.3) is 5.76 Å². The highest BCUT2D eigenvalue weighted by atomic mass is 32.2. The molecule has 0 unspecified atom stereocenters. The normalized spacial score (nSPS) is 18.0. The van der Waals surface area contributed by atoms with Gasteiger partial charge in [0.05, 0.1) is 18.2 Å². The molecule has 0 radical (unpaired) electrons. The summed E-state index contributed by atoms with van der Waals surface area (Å²) in [5, 5.41) is 20.7. The molecule has 4 aromatic carbocycles. The number of anilines is 1. The highest BCUT2D eigenvalue weighted by Crippen LogP contribution is 2.46. The molecule has 248 valence electrons. The lowest BCUT2D eigenvalue weighted by molar-refractivity contribution is -0.132. The van der Waals surface area contributed by atoms with Crippen molar-refractivity contribution in [3.63, 3.8) is 0 Å². The highest BCUT2D eigenvalue weighted by molar-refractivity contribution is 8.00. The predicted octanol–water partition coefficient (Wildman–Crippen LogP) is 7.76. The number of fused-ring (bicyclic) bond motifs is 1. The van der Waals surface area contributed by atoms with Crippen molar-refractivity contribution in [1.29, 1.82) is 0 Å². The van der Waals surface area contributed by atoms with E-state index < -0.39 is 17.7 Å². The molecule has 2 aliphatic rings. The molecule has 5 aromatic rings. The van der Waals surface area contributed by atoms with Crippen LogP contribution in [0.5, 0.6) is 17.2 Å². The molecular weight excluding hydrogens is 659 g/mol. The molecule has 1 aromatic heterocycles. The number of aliphatic hydroxyl groups excluding tert-OH is 1. The van der Waals surface area contributed by atoms with Gasteiger partial charge in [0, 0.05) is 17.7 Å². The molecular formula is C38H33N3O6S2. The van der Waals surface area contributed by atoms with Crippen molar-refractivity contribution >= 4 is 45.7 Å². The van der Waals surface area contributed by atoms with Gasteiger partial charge in [-0.25, -0.2) is 0 Å². The summed E-state index contributed by atoms with van der Waals surface area (Å²) in [6.45, 7) is 4.53. The zero-order chi connectivity index (χ0) is 33.9. The molecule has 11 heteroatoms. The summed E-state index contributed by atoms with van der Waals surface area (Å²) in [4.78, 5) is 29.1. The lowest BCUT2D eigenvalue weighted by Gasteiger charge is -2.24. The summed E-state index contributed by atoms with van der Waals surface area (Å²) >= 11 is 2.71. The van der Waals surface area contributed by atoms with Crippen LogP contribution in [0.1, 0.15) is 47.7 Å². The first-order valence-corrected chi connectivity index (χ1v) is 17.7. The number of ketones is 1. The molecule has 1 amide bonds. The van der Waals surface area contributed by atoms with Crippen LogP contribution in [-0.2, 0) is 28.4 Å². The van der Waals surface area contributed by atoms with E-state index in [0.29, 0.717) is 52.4 Å². The van der Waals surface area contributed by atoms with Gasteiger partial charge in [-0.15, -0.1) is 10.2 Å². The zero-order valence-corrected chi connectivity index (χ0v) is 28.5. The smallest absolute Gasteiger partial charge is 0.301 e. The van der Waals surface area contributed by atoms with E-state index in [1.54, 1.807) is 30.3 Å². The number of carbonyl (C=O) groups excluding carboxylic acids is 2. The molecule has 2 aliphatic heterocycles. The van der Waals surface area contributed by atoms with Gasteiger partial charge in [0.15, 0.2) is 15.8 Å². The number of aromatic nitrogens is 2. The first-order chi connectivity index (χ1) is 23.9. The van der Waals surface area contributed by atoms with Gasteiger partial charge in [-0.1, -0.05) is 89.8 Å². The van der Waals surface area contributed by atoms with Gasteiger partial charge in [-0.3, -0.25) is 14.5 Å². The van der Waals surface area contributed by atoms with Crippen molar-refractivity contribution < 1.29 is 28.9 Å². The summed E-state index contributed by atoms with van der Waals surface area (Å²) in [5.74, 6) is 0.463. The molecule has 0 saturated carbocycles. The summed E-state index contributed by atoms with van der Waals surface area (Å²) in [6.07, 6.45) is 0.675. The van der Waals surface area contributed by atoms with Crippen LogP contribution in [0.15, 0.2) is 107 Å². The Morgan fingerprint density at radius 2 is 1.69 bits per heavy atom. The molecule has 0 bridgehead atoms. The van der Waals surface area contributed by atoms with E-state index in [-0.39, 0.29) is 22.6 Å². The second-order valence-electron chi connectivity index (χ2n) is 11.7. The minimum atomic E-state index is -1.01. The highest BCUT2D eigenvalue weighted by Gasteiger charge is 2.48. The summed E-state index contributed by atoms with van der Waals surface area (Å²) in [7, 11) is 0. The number of thioether (sulfide) groups is 1. The Hall–Kier alpha value is -5.13. The minimum absolute atomic E-state index is 0.00365. The number of benzene rings is 4.